The Bertz CT molecular complexity index is 577. The zero-order valence-corrected chi connectivity index (χ0v) is 14.9. The third kappa shape index (κ3) is 6.80. The van der Waals surface area contributed by atoms with E-state index in [0.717, 1.165) is 19.6 Å². The van der Waals surface area contributed by atoms with Gasteiger partial charge in [-0.1, -0.05) is 23.7 Å². The van der Waals surface area contributed by atoms with Crippen LogP contribution in [0, 0.1) is 0 Å². The Hall–Kier alpha value is -1.99. The summed E-state index contributed by atoms with van der Waals surface area (Å²) in [7, 11) is 0. The Morgan fingerprint density at radius 2 is 1.92 bits per heavy atom. The van der Waals surface area contributed by atoms with Gasteiger partial charge in [-0.05, 0) is 18.6 Å². The highest BCUT2D eigenvalue weighted by Crippen LogP contribution is 2.22. The Morgan fingerprint density at radius 3 is 2.60 bits per heavy atom. The fourth-order valence-electron chi connectivity index (χ4n) is 2.57. The van der Waals surface area contributed by atoms with Crippen LogP contribution in [-0.2, 0) is 4.79 Å². The molecule has 2 amide bonds. The predicted molar refractivity (Wildman–Crippen MR) is 95.2 cm³/mol. The summed E-state index contributed by atoms with van der Waals surface area (Å²) in [4.78, 5) is 26.4. The Kier molecular flexibility index (Phi) is 7.81. The second-order valence-electron chi connectivity index (χ2n) is 5.84. The highest BCUT2D eigenvalue weighted by Gasteiger charge is 2.20. The smallest absolute Gasteiger partial charge is 0.317 e. The van der Waals surface area contributed by atoms with E-state index in [1.165, 1.54) is 0 Å². The minimum absolute atomic E-state index is 0.0689. The zero-order valence-electron chi connectivity index (χ0n) is 14.1. The minimum atomic E-state index is -0.845. The van der Waals surface area contributed by atoms with Crippen molar-refractivity contribution in [3.63, 3.8) is 0 Å². The molecule has 0 unspecified atom stereocenters. The number of ether oxygens (including phenoxy) is 1. The van der Waals surface area contributed by atoms with Gasteiger partial charge >= 0.3 is 12.0 Å². The molecule has 1 fully saturated rings. The summed E-state index contributed by atoms with van der Waals surface area (Å²) in [6.45, 7) is 4.58. The molecule has 25 heavy (non-hydrogen) atoms. The quantitative estimate of drug-likeness (QED) is 0.684. The van der Waals surface area contributed by atoms with Crippen molar-refractivity contribution in [2.24, 2.45) is 0 Å². The lowest BCUT2D eigenvalue weighted by atomic mass is 10.3. The van der Waals surface area contributed by atoms with E-state index in [1.807, 2.05) is 18.2 Å². The van der Waals surface area contributed by atoms with Crippen molar-refractivity contribution >= 4 is 23.6 Å². The van der Waals surface area contributed by atoms with Crippen molar-refractivity contribution in [1.82, 2.24) is 15.1 Å². The summed E-state index contributed by atoms with van der Waals surface area (Å²) < 4.78 is 5.68. The van der Waals surface area contributed by atoms with Crippen LogP contribution in [0.3, 0.4) is 0 Å². The van der Waals surface area contributed by atoms with E-state index in [0.29, 0.717) is 43.4 Å². The third-order valence-electron chi connectivity index (χ3n) is 4.00. The number of carboxylic acid groups (broad SMARTS) is 1. The lowest BCUT2D eigenvalue weighted by Gasteiger charge is -2.34. The van der Waals surface area contributed by atoms with E-state index in [1.54, 1.807) is 11.0 Å². The Labute approximate surface area is 152 Å². The lowest BCUT2D eigenvalue weighted by molar-refractivity contribution is -0.137. The molecular weight excluding hydrogens is 346 g/mol. The molecule has 0 aromatic heterocycles. The number of para-hydroxylation sites is 1. The summed E-state index contributed by atoms with van der Waals surface area (Å²) in [5.41, 5.74) is 0. The molecule has 0 atom stereocenters. The molecule has 1 aliphatic rings. The number of aliphatic carboxylic acids is 1. The average molecular weight is 370 g/mol. The molecule has 1 aromatic rings. The van der Waals surface area contributed by atoms with Crippen LogP contribution in [0.1, 0.15) is 12.8 Å². The SMILES string of the molecule is O=C(O)CCCNC(=O)N1CCN(CCOc2ccccc2Cl)CC1. The summed E-state index contributed by atoms with van der Waals surface area (Å²) in [6, 6.07) is 7.26. The monoisotopic (exact) mass is 369 g/mol. The number of carbonyl (C=O) groups is 2. The minimum Gasteiger partial charge on any atom is -0.491 e. The molecule has 1 aromatic carbocycles. The number of carbonyl (C=O) groups excluding carboxylic acids is 1. The number of urea groups is 1. The standard InChI is InChI=1S/C17H24ClN3O4/c18-14-4-1-2-5-15(14)25-13-12-20-8-10-21(11-9-20)17(24)19-7-3-6-16(22)23/h1-2,4-5H,3,6-13H2,(H,19,24)(H,22,23). The molecule has 0 aliphatic carbocycles. The van der Waals surface area contributed by atoms with Crippen LogP contribution in [0.5, 0.6) is 5.75 Å². The van der Waals surface area contributed by atoms with Gasteiger partial charge in [-0.2, -0.15) is 0 Å². The third-order valence-corrected chi connectivity index (χ3v) is 4.32. The first kappa shape index (κ1) is 19.3. The molecule has 7 nitrogen and oxygen atoms in total. The molecule has 1 saturated heterocycles. The Balaban J connectivity index is 1.60. The first-order valence-corrected chi connectivity index (χ1v) is 8.78. The number of benzene rings is 1. The zero-order chi connectivity index (χ0) is 18.1. The lowest BCUT2D eigenvalue weighted by Crippen LogP contribution is -2.52. The number of halogens is 1. The van der Waals surface area contributed by atoms with Crippen molar-refractivity contribution in [3.05, 3.63) is 29.3 Å². The molecule has 2 rings (SSSR count). The first-order chi connectivity index (χ1) is 12.1. The predicted octanol–water partition coefficient (Wildman–Crippen LogP) is 1.91. The highest BCUT2D eigenvalue weighted by atomic mass is 35.5. The van der Waals surface area contributed by atoms with E-state index in [2.05, 4.69) is 10.2 Å². The van der Waals surface area contributed by atoms with Crippen LogP contribution in [0.25, 0.3) is 0 Å². The molecule has 0 spiro atoms. The Morgan fingerprint density at radius 1 is 1.20 bits per heavy atom. The normalized spacial score (nSPS) is 15.0. The maximum Gasteiger partial charge on any atom is 0.317 e. The van der Waals surface area contributed by atoms with Crippen molar-refractivity contribution in [2.45, 2.75) is 12.8 Å². The van der Waals surface area contributed by atoms with Crippen LogP contribution >= 0.6 is 11.6 Å². The largest absolute Gasteiger partial charge is 0.491 e. The van der Waals surface area contributed by atoms with Gasteiger partial charge in [0.25, 0.3) is 0 Å². The maximum absolute atomic E-state index is 12.0. The van der Waals surface area contributed by atoms with Crippen molar-refractivity contribution in [2.75, 3.05) is 45.9 Å². The molecule has 1 aliphatic heterocycles. The second-order valence-corrected chi connectivity index (χ2v) is 6.24. The summed E-state index contributed by atoms with van der Waals surface area (Å²) >= 11 is 6.05. The fourth-order valence-corrected chi connectivity index (χ4v) is 2.76. The van der Waals surface area contributed by atoms with Gasteiger partial charge in [0.05, 0.1) is 5.02 Å². The molecule has 2 N–H and O–H groups in total. The topological polar surface area (TPSA) is 82.1 Å². The van der Waals surface area contributed by atoms with Gasteiger partial charge in [-0.3, -0.25) is 9.69 Å². The molecular formula is C17H24ClN3O4. The van der Waals surface area contributed by atoms with E-state index in [4.69, 9.17) is 21.4 Å². The summed E-state index contributed by atoms with van der Waals surface area (Å²) in [6.07, 6.45) is 0.514. The van der Waals surface area contributed by atoms with Crippen LogP contribution < -0.4 is 10.1 Å². The summed E-state index contributed by atoms with van der Waals surface area (Å²) in [5.74, 6) is -0.162. The van der Waals surface area contributed by atoms with Crippen molar-refractivity contribution in [1.29, 1.82) is 0 Å². The number of piperazine rings is 1. The molecule has 138 valence electrons. The van der Waals surface area contributed by atoms with E-state index < -0.39 is 5.97 Å². The van der Waals surface area contributed by atoms with E-state index in [9.17, 15) is 9.59 Å². The van der Waals surface area contributed by atoms with Crippen LogP contribution in [0.2, 0.25) is 5.02 Å². The number of rotatable bonds is 8. The molecule has 8 heteroatoms. The van der Waals surface area contributed by atoms with Gasteiger partial charge < -0.3 is 20.1 Å². The van der Waals surface area contributed by atoms with Gasteiger partial charge in [0.2, 0.25) is 0 Å². The number of hydrogen-bond donors (Lipinski definition) is 2. The highest BCUT2D eigenvalue weighted by molar-refractivity contribution is 6.32. The summed E-state index contributed by atoms with van der Waals surface area (Å²) in [5, 5.41) is 11.9. The molecule has 1 heterocycles. The van der Waals surface area contributed by atoms with Crippen molar-refractivity contribution in [3.8, 4) is 5.75 Å². The number of amides is 2. The number of nitrogens with one attached hydrogen (secondary N) is 1. The van der Waals surface area contributed by atoms with E-state index in [-0.39, 0.29) is 12.5 Å². The van der Waals surface area contributed by atoms with Crippen molar-refractivity contribution < 1.29 is 19.4 Å². The average Bonchev–Trinajstić information content (AvgIpc) is 2.60. The van der Waals surface area contributed by atoms with Gasteiger partial charge in [0.1, 0.15) is 12.4 Å². The van der Waals surface area contributed by atoms with Crippen LogP contribution in [0.15, 0.2) is 24.3 Å². The number of carboxylic acids is 1. The molecule has 0 bridgehead atoms. The van der Waals surface area contributed by atoms with Crippen LogP contribution in [-0.4, -0.2) is 72.8 Å². The first-order valence-electron chi connectivity index (χ1n) is 8.40. The van der Waals surface area contributed by atoms with E-state index >= 15 is 0 Å². The number of nitrogens with zero attached hydrogens (tertiary/aromatic N) is 2. The maximum atomic E-state index is 12.0. The van der Waals surface area contributed by atoms with Gasteiger partial charge in [0.15, 0.2) is 0 Å². The van der Waals surface area contributed by atoms with Gasteiger partial charge in [0, 0.05) is 45.7 Å². The number of hydrogen-bond acceptors (Lipinski definition) is 4. The van der Waals surface area contributed by atoms with Crippen LogP contribution in [0.4, 0.5) is 4.79 Å². The second kappa shape index (κ2) is 10.1. The van der Waals surface area contributed by atoms with Gasteiger partial charge in [-0.25, -0.2) is 4.79 Å². The fraction of sp³-hybridized carbons (Fsp3) is 0.529. The molecule has 0 radical (unpaired) electrons. The van der Waals surface area contributed by atoms with Gasteiger partial charge in [-0.15, -0.1) is 0 Å². The molecule has 0 saturated carbocycles.